The van der Waals surface area contributed by atoms with Crippen molar-refractivity contribution in [1.29, 1.82) is 0 Å². The Labute approximate surface area is 174 Å². The predicted molar refractivity (Wildman–Crippen MR) is 101 cm³/mol. The topological polar surface area (TPSA) is 32.6 Å². The Morgan fingerprint density at radius 1 is 1.00 bits per heavy atom. The summed E-state index contributed by atoms with van der Waals surface area (Å²) in [6, 6.07) is 7.97. The molecule has 30 heavy (non-hydrogen) atoms. The van der Waals surface area contributed by atoms with Crippen molar-refractivity contribution in [2.45, 2.75) is 31.6 Å². The zero-order valence-corrected chi connectivity index (χ0v) is 16.9. The summed E-state index contributed by atoms with van der Waals surface area (Å²) in [7, 11) is 3.30. The summed E-state index contributed by atoms with van der Waals surface area (Å²) >= 11 is 6.12. The van der Waals surface area contributed by atoms with Gasteiger partial charge in [0.05, 0.1) is 0 Å². The summed E-state index contributed by atoms with van der Waals surface area (Å²) in [6.07, 6.45) is -7.35. The number of fused-ring (bicyclic) bond motifs is 1. The van der Waals surface area contributed by atoms with Crippen molar-refractivity contribution in [3.05, 3.63) is 60.2 Å². The molecular formula is C19H20ClF6NO3. The van der Waals surface area contributed by atoms with Crippen LogP contribution in [0, 0.1) is 0 Å². The summed E-state index contributed by atoms with van der Waals surface area (Å²) in [5.41, 5.74) is 1.14. The van der Waals surface area contributed by atoms with Gasteiger partial charge in [0, 0.05) is 49.3 Å². The van der Waals surface area contributed by atoms with E-state index >= 15 is 0 Å². The van der Waals surface area contributed by atoms with Crippen LogP contribution in [0.25, 0.3) is 10.9 Å². The number of aromatic nitrogens is 1. The highest BCUT2D eigenvalue weighted by molar-refractivity contribution is 6.35. The molecule has 168 valence electrons. The van der Waals surface area contributed by atoms with Crippen LogP contribution in [0.15, 0.2) is 55.1 Å². The molecule has 0 saturated carbocycles. The van der Waals surface area contributed by atoms with Crippen molar-refractivity contribution in [3.8, 4) is 0 Å². The van der Waals surface area contributed by atoms with E-state index in [0.717, 1.165) is 28.9 Å². The van der Waals surface area contributed by atoms with E-state index in [4.69, 9.17) is 21.1 Å². The van der Waals surface area contributed by atoms with Gasteiger partial charge >= 0.3 is 12.4 Å². The average Bonchev–Trinajstić information content (AvgIpc) is 3.06. The maximum Gasteiger partial charge on any atom is 0.448 e. The molecule has 0 aliphatic carbocycles. The third-order valence-corrected chi connectivity index (χ3v) is 4.10. The van der Waals surface area contributed by atoms with Gasteiger partial charge in [-0.15, -0.1) is 0 Å². The lowest BCUT2D eigenvalue weighted by Crippen LogP contribution is -2.19. The summed E-state index contributed by atoms with van der Waals surface area (Å²) in [4.78, 5) is 0. The van der Waals surface area contributed by atoms with Crippen LogP contribution in [0.5, 0.6) is 0 Å². The molecule has 0 bridgehead atoms. The fourth-order valence-corrected chi connectivity index (χ4v) is 2.45. The molecule has 0 radical (unpaired) electrons. The number of rotatable bonds is 7. The Kier molecular flexibility index (Phi) is 9.26. The van der Waals surface area contributed by atoms with Gasteiger partial charge in [0.15, 0.2) is 6.29 Å². The lowest BCUT2D eigenvalue weighted by Gasteiger charge is -2.14. The quantitative estimate of drug-likeness (QED) is 0.271. The molecule has 2 rings (SSSR count). The van der Waals surface area contributed by atoms with Crippen LogP contribution >= 0.6 is 11.6 Å². The van der Waals surface area contributed by atoms with Crippen molar-refractivity contribution in [2.24, 2.45) is 0 Å². The standard InChI is InChI=1S/C13H16ClNO2.C6H4F6O/c1-16-13(17-2)7-9-15-8-6-10-11(14)4-3-5-12(10)15;1-3(5(7,8)9)13-4(2)6(10,11)12/h3-6,8,13H,7,9H2,1-2H3;1-2H2. The summed E-state index contributed by atoms with van der Waals surface area (Å²) in [5, 5.41) is 1.87. The Morgan fingerprint density at radius 3 is 2.00 bits per heavy atom. The highest BCUT2D eigenvalue weighted by atomic mass is 35.5. The highest BCUT2D eigenvalue weighted by Crippen LogP contribution is 2.32. The average molecular weight is 460 g/mol. The Morgan fingerprint density at radius 2 is 1.53 bits per heavy atom. The molecule has 0 fully saturated rings. The van der Waals surface area contributed by atoms with Crippen LogP contribution in [0.4, 0.5) is 26.3 Å². The summed E-state index contributed by atoms with van der Waals surface area (Å²) in [6.45, 7) is 5.39. The molecular weight excluding hydrogens is 440 g/mol. The molecule has 0 aliphatic heterocycles. The number of benzene rings is 1. The van der Waals surface area contributed by atoms with Gasteiger partial charge in [-0.05, 0) is 18.2 Å². The molecule has 1 aromatic carbocycles. The maximum atomic E-state index is 11.6. The molecule has 0 N–H and O–H groups in total. The zero-order valence-electron chi connectivity index (χ0n) is 16.1. The second kappa shape index (κ2) is 10.7. The van der Waals surface area contributed by atoms with E-state index in [2.05, 4.69) is 28.5 Å². The fourth-order valence-electron chi connectivity index (χ4n) is 2.22. The molecule has 0 amide bonds. The molecule has 2 aromatic rings. The fraction of sp³-hybridized carbons (Fsp3) is 0.368. The van der Waals surface area contributed by atoms with E-state index in [-0.39, 0.29) is 6.29 Å². The van der Waals surface area contributed by atoms with Gasteiger partial charge < -0.3 is 18.8 Å². The van der Waals surface area contributed by atoms with Crippen LogP contribution in [0.2, 0.25) is 5.02 Å². The minimum Gasteiger partial charge on any atom is -0.448 e. The largest absolute Gasteiger partial charge is 0.448 e. The number of methoxy groups -OCH3 is 2. The lowest BCUT2D eigenvalue weighted by atomic mass is 10.2. The number of alkyl halides is 6. The first kappa shape index (κ1) is 25.9. The Bertz CT molecular complexity index is 832. The minimum absolute atomic E-state index is 0.161. The smallest absolute Gasteiger partial charge is 0.448 e. The SMILES string of the molecule is C=C(OC(=C)C(F)(F)F)C(F)(F)F.COC(CCn1ccc2c(Cl)cccc21)OC. The molecule has 0 saturated heterocycles. The van der Waals surface area contributed by atoms with Crippen LogP contribution in [0.1, 0.15) is 6.42 Å². The van der Waals surface area contributed by atoms with Gasteiger partial charge in [-0.3, -0.25) is 0 Å². The number of ether oxygens (including phenoxy) is 3. The number of hydrogen-bond acceptors (Lipinski definition) is 3. The van der Waals surface area contributed by atoms with Gasteiger partial charge in [-0.25, -0.2) is 0 Å². The van der Waals surface area contributed by atoms with Gasteiger partial charge in [-0.2, -0.15) is 26.3 Å². The number of halogens is 7. The lowest BCUT2D eigenvalue weighted by molar-refractivity contribution is -0.156. The normalized spacial score (nSPS) is 11.9. The summed E-state index contributed by atoms with van der Waals surface area (Å²) in [5.74, 6) is -3.90. The monoisotopic (exact) mass is 459 g/mol. The molecule has 0 spiro atoms. The highest BCUT2D eigenvalue weighted by Gasteiger charge is 2.40. The van der Waals surface area contributed by atoms with Crippen LogP contribution in [0.3, 0.4) is 0 Å². The third kappa shape index (κ3) is 7.58. The summed E-state index contributed by atoms with van der Waals surface area (Å²) < 4.78 is 85.2. The van der Waals surface area contributed by atoms with Crippen LogP contribution in [-0.2, 0) is 20.8 Å². The van der Waals surface area contributed by atoms with Crippen molar-refractivity contribution < 1.29 is 40.6 Å². The van der Waals surface area contributed by atoms with Crippen molar-refractivity contribution in [1.82, 2.24) is 4.57 Å². The van der Waals surface area contributed by atoms with Gasteiger partial charge in [0.25, 0.3) is 0 Å². The minimum atomic E-state index is -5.02. The molecule has 0 atom stereocenters. The molecule has 1 heterocycles. The van der Waals surface area contributed by atoms with Crippen molar-refractivity contribution in [2.75, 3.05) is 14.2 Å². The second-order valence-electron chi connectivity index (χ2n) is 5.82. The van der Waals surface area contributed by atoms with Crippen molar-refractivity contribution >= 4 is 22.5 Å². The number of nitrogens with zero attached hydrogens (tertiary/aromatic N) is 1. The zero-order chi connectivity index (χ0) is 23.1. The van der Waals surface area contributed by atoms with Crippen LogP contribution < -0.4 is 0 Å². The molecule has 0 aliphatic rings. The Hall–Kier alpha value is -2.17. The third-order valence-electron chi connectivity index (χ3n) is 3.77. The number of aryl methyl sites for hydroxylation is 1. The van der Waals surface area contributed by atoms with Gasteiger partial charge in [0.1, 0.15) is 0 Å². The first-order chi connectivity index (χ1) is 13.8. The van der Waals surface area contributed by atoms with E-state index in [1.807, 2.05) is 24.4 Å². The first-order valence-electron chi connectivity index (χ1n) is 8.30. The van der Waals surface area contributed by atoms with Gasteiger partial charge in [-0.1, -0.05) is 30.8 Å². The second-order valence-corrected chi connectivity index (χ2v) is 6.22. The molecule has 1 aromatic heterocycles. The molecule has 4 nitrogen and oxygen atoms in total. The van der Waals surface area contributed by atoms with E-state index in [1.54, 1.807) is 14.2 Å². The van der Waals surface area contributed by atoms with Crippen molar-refractivity contribution in [3.63, 3.8) is 0 Å². The van der Waals surface area contributed by atoms with E-state index in [9.17, 15) is 26.3 Å². The van der Waals surface area contributed by atoms with E-state index in [0.29, 0.717) is 0 Å². The molecule has 11 heteroatoms. The van der Waals surface area contributed by atoms with E-state index < -0.39 is 23.9 Å². The van der Waals surface area contributed by atoms with Crippen LogP contribution in [-0.4, -0.2) is 37.4 Å². The van der Waals surface area contributed by atoms with E-state index in [1.165, 1.54) is 0 Å². The maximum absolute atomic E-state index is 11.6. The number of allylic oxidation sites excluding steroid dienone is 2. The number of hydrogen-bond donors (Lipinski definition) is 0. The predicted octanol–water partition coefficient (Wildman–Crippen LogP) is 6.46. The Balaban J connectivity index is 0.000000314. The van der Waals surface area contributed by atoms with Gasteiger partial charge in [0.2, 0.25) is 11.5 Å². The molecule has 0 unspecified atom stereocenters. The first-order valence-corrected chi connectivity index (χ1v) is 8.68.